The fourth-order valence-electron chi connectivity index (χ4n) is 7.55. The van der Waals surface area contributed by atoms with E-state index in [9.17, 15) is 0 Å². The van der Waals surface area contributed by atoms with E-state index in [0.29, 0.717) is 0 Å². The molecule has 0 atom stereocenters. The highest BCUT2D eigenvalue weighted by molar-refractivity contribution is 6.15. The highest BCUT2D eigenvalue weighted by Crippen LogP contribution is 2.45. The minimum Gasteiger partial charge on any atom is -0.456 e. The number of furan rings is 1. The van der Waals surface area contributed by atoms with Gasteiger partial charge >= 0.3 is 0 Å². The molecule has 234 valence electrons. The van der Waals surface area contributed by atoms with Crippen molar-refractivity contribution in [2.45, 2.75) is 0 Å². The van der Waals surface area contributed by atoms with E-state index < -0.39 is 0 Å². The number of hydrogen-bond donors (Lipinski definition) is 0. The molecule has 0 bridgehead atoms. The van der Waals surface area contributed by atoms with Crippen LogP contribution in [0.2, 0.25) is 0 Å². The van der Waals surface area contributed by atoms with E-state index in [4.69, 9.17) is 4.42 Å². The highest BCUT2D eigenvalue weighted by Gasteiger charge is 2.21. The molecule has 0 aliphatic carbocycles. The van der Waals surface area contributed by atoms with Gasteiger partial charge in [-0.2, -0.15) is 0 Å². The molecule has 0 aliphatic rings. The van der Waals surface area contributed by atoms with Crippen LogP contribution >= 0.6 is 0 Å². The van der Waals surface area contributed by atoms with Crippen molar-refractivity contribution in [3.8, 4) is 22.3 Å². The van der Waals surface area contributed by atoms with Gasteiger partial charge in [0.1, 0.15) is 11.2 Å². The lowest BCUT2D eigenvalue weighted by atomic mass is 9.96. The van der Waals surface area contributed by atoms with E-state index in [-0.39, 0.29) is 0 Å². The number of nitrogens with zero attached hydrogens (tertiary/aromatic N) is 1. The van der Waals surface area contributed by atoms with Crippen molar-refractivity contribution in [3.63, 3.8) is 0 Å². The molecule has 50 heavy (non-hydrogen) atoms. The van der Waals surface area contributed by atoms with E-state index >= 15 is 0 Å². The minimum absolute atomic E-state index is 0.880. The van der Waals surface area contributed by atoms with Crippen molar-refractivity contribution < 1.29 is 4.42 Å². The molecule has 10 rings (SSSR count). The van der Waals surface area contributed by atoms with Crippen LogP contribution in [-0.4, -0.2) is 0 Å². The zero-order valence-corrected chi connectivity index (χ0v) is 27.3. The van der Waals surface area contributed by atoms with E-state index in [1.54, 1.807) is 0 Å². The summed E-state index contributed by atoms with van der Waals surface area (Å²) >= 11 is 0. The van der Waals surface area contributed by atoms with E-state index in [2.05, 4.69) is 181 Å². The van der Waals surface area contributed by atoms with Crippen LogP contribution in [0.3, 0.4) is 0 Å². The summed E-state index contributed by atoms with van der Waals surface area (Å²) in [5.74, 6) is 0. The summed E-state index contributed by atoms with van der Waals surface area (Å²) in [5, 5.41) is 9.52. The van der Waals surface area contributed by atoms with Crippen LogP contribution in [0.15, 0.2) is 192 Å². The van der Waals surface area contributed by atoms with E-state index in [0.717, 1.165) is 39.0 Å². The molecule has 10 aromatic rings. The first kappa shape index (κ1) is 28.4. The van der Waals surface area contributed by atoms with Gasteiger partial charge in [-0.3, -0.25) is 0 Å². The first-order valence-electron chi connectivity index (χ1n) is 17.1. The Balaban J connectivity index is 1.10. The number of fused-ring (bicyclic) bond motifs is 6. The Morgan fingerprint density at radius 2 is 0.860 bits per heavy atom. The second-order valence-corrected chi connectivity index (χ2v) is 13.0. The second-order valence-electron chi connectivity index (χ2n) is 13.0. The molecule has 1 heterocycles. The molecule has 0 fully saturated rings. The second kappa shape index (κ2) is 11.5. The molecule has 0 saturated carbocycles. The van der Waals surface area contributed by atoms with Gasteiger partial charge in [-0.15, -0.1) is 0 Å². The monoisotopic (exact) mass is 637 g/mol. The number of rotatable bonds is 5. The number of hydrogen-bond acceptors (Lipinski definition) is 2. The topological polar surface area (TPSA) is 16.4 Å². The van der Waals surface area contributed by atoms with Crippen LogP contribution in [-0.2, 0) is 0 Å². The lowest BCUT2D eigenvalue weighted by Gasteiger charge is -2.28. The van der Waals surface area contributed by atoms with Crippen LogP contribution in [0.5, 0.6) is 0 Å². The molecule has 9 aromatic carbocycles. The number of benzene rings is 9. The Kier molecular flexibility index (Phi) is 6.53. The van der Waals surface area contributed by atoms with Crippen molar-refractivity contribution in [1.82, 2.24) is 0 Å². The highest BCUT2D eigenvalue weighted by atomic mass is 16.3. The van der Waals surface area contributed by atoms with Gasteiger partial charge in [-0.1, -0.05) is 133 Å². The molecule has 2 nitrogen and oxygen atoms in total. The third-order valence-corrected chi connectivity index (χ3v) is 9.99. The van der Waals surface area contributed by atoms with Gasteiger partial charge in [0.2, 0.25) is 0 Å². The standard InChI is InChI=1S/C48H31NO/c1-2-12-34-28-37(23-22-32(34)10-1)35-14-7-15-36(29-35)38-24-25-40-31-41(27-26-39(40)30-38)49(44-18-8-13-33-11-3-4-16-42(33)44)45-19-9-21-47-48(45)43-17-5-6-20-46(43)50-47/h1-31H. The van der Waals surface area contributed by atoms with Crippen LogP contribution in [0.25, 0.3) is 76.5 Å². The third-order valence-electron chi connectivity index (χ3n) is 9.99. The first-order valence-corrected chi connectivity index (χ1v) is 17.1. The molecule has 0 N–H and O–H groups in total. The average Bonchev–Trinajstić information content (AvgIpc) is 3.57. The summed E-state index contributed by atoms with van der Waals surface area (Å²) in [5.41, 5.74) is 9.94. The largest absolute Gasteiger partial charge is 0.456 e. The lowest BCUT2D eigenvalue weighted by Crippen LogP contribution is -2.11. The van der Waals surface area contributed by atoms with Gasteiger partial charge < -0.3 is 9.32 Å². The van der Waals surface area contributed by atoms with Crippen molar-refractivity contribution >= 4 is 71.3 Å². The molecular formula is C48H31NO. The van der Waals surface area contributed by atoms with E-state index in [1.807, 2.05) is 12.1 Å². The van der Waals surface area contributed by atoms with Gasteiger partial charge in [0, 0.05) is 16.5 Å². The molecule has 0 aliphatic heterocycles. The fourth-order valence-corrected chi connectivity index (χ4v) is 7.55. The Bertz CT molecular complexity index is 2890. The van der Waals surface area contributed by atoms with Crippen LogP contribution in [0.1, 0.15) is 0 Å². The van der Waals surface area contributed by atoms with Crippen LogP contribution in [0.4, 0.5) is 17.1 Å². The Hall–Kier alpha value is -6.64. The molecule has 0 saturated heterocycles. The summed E-state index contributed by atoms with van der Waals surface area (Å²) < 4.78 is 6.36. The van der Waals surface area contributed by atoms with Gasteiger partial charge in [0.15, 0.2) is 0 Å². The number of anilines is 3. The van der Waals surface area contributed by atoms with Gasteiger partial charge in [0.25, 0.3) is 0 Å². The maximum absolute atomic E-state index is 6.36. The lowest BCUT2D eigenvalue weighted by molar-refractivity contribution is 0.669. The Morgan fingerprint density at radius 3 is 1.70 bits per heavy atom. The smallest absolute Gasteiger partial charge is 0.137 e. The first-order chi connectivity index (χ1) is 24.8. The van der Waals surface area contributed by atoms with E-state index in [1.165, 1.54) is 54.6 Å². The average molecular weight is 638 g/mol. The van der Waals surface area contributed by atoms with Crippen LogP contribution in [0, 0.1) is 0 Å². The van der Waals surface area contributed by atoms with Crippen molar-refractivity contribution in [2.24, 2.45) is 0 Å². The van der Waals surface area contributed by atoms with Crippen LogP contribution < -0.4 is 4.90 Å². The molecule has 0 spiro atoms. The summed E-state index contributed by atoms with van der Waals surface area (Å²) in [6, 6.07) is 67.6. The fraction of sp³-hybridized carbons (Fsp3) is 0. The quantitative estimate of drug-likeness (QED) is 0.187. The normalized spacial score (nSPS) is 11.6. The third kappa shape index (κ3) is 4.73. The summed E-state index contributed by atoms with van der Waals surface area (Å²) in [6.07, 6.45) is 0. The molecule has 0 unspecified atom stereocenters. The summed E-state index contributed by atoms with van der Waals surface area (Å²) in [7, 11) is 0. The predicted molar refractivity (Wildman–Crippen MR) is 212 cm³/mol. The molecule has 0 radical (unpaired) electrons. The maximum Gasteiger partial charge on any atom is 0.137 e. The molecule has 2 heteroatoms. The number of para-hydroxylation sites is 1. The van der Waals surface area contributed by atoms with Crippen molar-refractivity contribution in [1.29, 1.82) is 0 Å². The summed E-state index contributed by atoms with van der Waals surface area (Å²) in [6.45, 7) is 0. The zero-order chi connectivity index (χ0) is 33.0. The molecule has 0 amide bonds. The Morgan fingerprint density at radius 1 is 0.320 bits per heavy atom. The van der Waals surface area contributed by atoms with Gasteiger partial charge in [0.05, 0.1) is 16.8 Å². The predicted octanol–water partition coefficient (Wildman–Crippen LogP) is 13.8. The van der Waals surface area contributed by atoms with Gasteiger partial charge in [-0.25, -0.2) is 0 Å². The Labute approximate surface area is 290 Å². The summed E-state index contributed by atoms with van der Waals surface area (Å²) in [4.78, 5) is 2.40. The molecular weight excluding hydrogens is 607 g/mol. The van der Waals surface area contributed by atoms with Gasteiger partial charge in [-0.05, 0) is 104 Å². The van der Waals surface area contributed by atoms with Crippen molar-refractivity contribution in [2.75, 3.05) is 4.90 Å². The minimum atomic E-state index is 0.880. The maximum atomic E-state index is 6.36. The zero-order valence-electron chi connectivity index (χ0n) is 27.3. The molecule has 1 aromatic heterocycles. The SMILES string of the molecule is c1cc(-c2ccc3ccccc3c2)cc(-c2ccc3cc(N(c4cccc5ccccc45)c4cccc5oc6ccccc6c45)ccc3c2)c1. The van der Waals surface area contributed by atoms with Crippen molar-refractivity contribution in [3.05, 3.63) is 188 Å².